The number of nitrogens with zero attached hydrogens (tertiary/aromatic N) is 3. The largest absolute Gasteiger partial charge is 0.476 e. The molecule has 0 bridgehead atoms. The maximum absolute atomic E-state index is 12.4. The van der Waals surface area contributed by atoms with Gasteiger partial charge in [0.05, 0.1) is 5.69 Å². The molecule has 1 saturated heterocycles. The third-order valence-electron chi connectivity index (χ3n) is 3.47. The van der Waals surface area contributed by atoms with Gasteiger partial charge in [-0.25, -0.2) is 14.6 Å². The van der Waals surface area contributed by atoms with Gasteiger partial charge < -0.3 is 20.2 Å². The van der Waals surface area contributed by atoms with Crippen LogP contribution in [-0.2, 0) is 0 Å². The van der Waals surface area contributed by atoms with Crippen LogP contribution in [0.5, 0.6) is 0 Å². The predicted molar refractivity (Wildman–Crippen MR) is 78.5 cm³/mol. The molecule has 21 heavy (non-hydrogen) atoms. The van der Waals surface area contributed by atoms with Gasteiger partial charge in [-0.2, -0.15) is 0 Å². The van der Waals surface area contributed by atoms with Gasteiger partial charge in [0.15, 0.2) is 5.69 Å². The summed E-state index contributed by atoms with van der Waals surface area (Å²) in [7, 11) is 3.94. The van der Waals surface area contributed by atoms with Crippen LogP contribution in [0.3, 0.4) is 0 Å². The lowest BCUT2D eigenvalue weighted by molar-refractivity contribution is 0.0691. The molecule has 0 spiro atoms. The van der Waals surface area contributed by atoms with E-state index < -0.39 is 5.97 Å². The Labute approximate surface area is 123 Å². The van der Waals surface area contributed by atoms with E-state index in [1.54, 1.807) is 17.0 Å². The minimum absolute atomic E-state index is 0.144. The topological polar surface area (TPSA) is 85.8 Å². The van der Waals surface area contributed by atoms with Crippen molar-refractivity contribution in [1.82, 2.24) is 14.8 Å². The van der Waals surface area contributed by atoms with Crippen LogP contribution in [0, 0.1) is 0 Å². The van der Waals surface area contributed by atoms with Gasteiger partial charge in [0.1, 0.15) is 0 Å². The molecule has 1 aromatic heterocycles. The highest BCUT2D eigenvalue weighted by molar-refractivity contribution is 5.98. The van der Waals surface area contributed by atoms with E-state index in [9.17, 15) is 9.59 Å². The minimum atomic E-state index is -1.16. The molecular formula is C14H20N4O3. The van der Waals surface area contributed by atoms with Crippen LogP contribution in [0.2, 0.25) is 0 Å². The average molecular weight is 292 g/mol. The lowest BCUT2D eigenvalue weighted by Gasteiger charge is -2.27. The first-order valence-electron chi connectivity index (χ1n) is 6.89. The van der Waals surface area contributed by atoms with Crippen LogP contribution in [-0.4, -0.2) is 65.1 Å². The fraction of sp³-hybridized carbons (Fsp3) is 0.500. The van der Waals surface area contributed by atoms with E-state index in [4.69, 9.17) is 5.11 Å². The zero-order valence-electron chi connectivity index (χ0n) is 12.2. The van der Waals surface area contributed by atoms with E-state index in [0.717, 1.165) is 19.4 Å². The average Bonchev–Trinajstić information content (AvgIpc) is 2.86. The Kier molecular flexibility index (Phi) is 4.74. The van der Waals surface area contributed by atoms with Crippen molar-refractivity contribution < 1.29 is 14.7 Å². The number of carboxylic acids is 1. The Morgan fingerprint density at radius 2 is 2.29 bits per heavy atom. The predicted octanol–water partition coefficient (Wildman–Crippen LogP) is 1.34. The molecule has 0 saturated carbocycles. The summed E-state index contributed by atoms with van der Waals surface area (Å²) < 4.78 is 0. The van der Waals surface area contributed by atoms with E-state index >= 15 is 0 Å². The number of rotatable bonds is 4. The number of hydrogen-bond donors (Lipinski definition) is 2. The normalized spacial score (nSPS) is 18.0. The van der Waals surface area contributed by atoms with Crippen LogP contribution in [0.1, 0.15) is 23.3 Å². The Hall–Kier alpha value is -2.15. The number of aromatic nitrogens is 1. The van der Waals surface area contributed by atoms with Crippen molar-refractivity contribution in [3.8, 4) is 0 Å². The molecule has 2 amide bonds. The third-order valence-corrected chi connectivity index (χ3v) is 3.47. The summed E-state index contributed by atoms with van der Waals surface area (Å²) in [6.07, 6.45) is 3.32. The first-order chi connectivity index (χ1) is 9.99. The quantitative estimate of drug-likeness (QED) is 0.874. The lowest BCUT2D eigenvalue weighted by Crippen LogP contribution is -2.43. The highest BCUT2D eigenvalue weighted by Gasteiger charge is 2.29. The fourth-order valence-electron chi connectivity index (χ4n) is 2.58. The van der Waals surface area contributed by atoms with Crippen LogP contribution in [0.25, 0.3) is 0 Å². The summed E-state index contributed by atoms with van der Waals surface area (Å²) in [5.74, 6) is -1.16. The van der Waals surface area contributed by atoms with Gasteiger partial charge >= 0.3 is 12.0 Å². The number of pyridine rings is 1. The van der Waals surface area contributed by atoms with Crippen LogP contribution in [0.15, 0.2) is 18.3 Å². The summed E-state index contributed by atoms with van der Waals surface area (Å²) in [6, 6.07) is 3.04. The number of aromatic carboxylic acids is 1. The van der Waals surface area contributed by atoms with Gasteiger partial charge in [-0.15, -0.1) is 0 Å². The Morgan fingerprint density at radius 1 is 1.52 bits per heavy atom. The zero-order chi connectivity index (χ0) is 15.4. The standard InChI is InChI=1S/C14H20N4O3/c1-17(2)9-10-5-4-8-18(10)14(21)16-11-6-3-7-15-12(11)13(19)20/h3,6-7,10H,4-5,8-9H2,1-2H3,(H,16,21)(H,19,20). The van der Waals surface area contributed by atoms with Gasteiger partial charge in [-0.1, -0.05) is 0 Å². The zero-order valence-corrected chi connectivity index (χ0v) is 12.2. The highest BCUT2D eigenvalue weighted by atomic mass is 16.4. The van der Waals surface area contributed by atoms with Gasteiger partial charge in [-0.05, 0) is 39.1 Å². The summed E-state index contributed by atoms with van der Waals surface area (Å²) in [5.41, 5.74) is 0.0831. The molecule has 114 valence electrons. The number of likely N-dealkylation sites (N-methyl/N-ethyl adjacent to an activating group) is 1. The van der Waals surface area contributed by atoms with Crippen molar-refractivity contribution in [2.75, 3.05) is 32.5 Å². The molecule has 7 nitrogen and oxygen atoms in total. The number of anilines is 1. The second-order valence-electron chi connectivity index (χ2n) is 5.39. The van der Waals surface area contributed by atoms with Gasteiger partial charge in [0.2, 0.25) is 0 Å². The Morgan fingerprint density at radius 3 is 2.95 bits per heavy atom. The number of nitrogens with one attached hydrogen (secondary N) is 1. The fourth-order valence-corrected chi connectivity index (χ4v) is 2.58. The maximum Gasteiger partial charge on any atom is 0.356 e. The molecule has 1 atom stereocenters. The van der Waals surface area contributed by atoms with E-state index in [0.29, 0.717) is 6.54 Å². The minimum Gasteiger partial charge on any atom is -0.476 e. The van der Waals surface area contributed by atoms with Crippen molar-refractivity contribution in [1.29, 1.82) is 0 Å². The van der Waals surface area contributed by atoms with E-state index in [1.807, 2.05) is 19.0 Å². The Balaban J connectivity index is 2.09. The van der Waals surface area contributed by atoms with Crippen molar-refractivity contribution in [2.24, 2.45) is 0 Å². The van der Waals surface area contributed by atoms with Crippen LogP contribution in [0.4, 0.5) is 10.5 Å². The van der Waals surface area contributed by atoms with Gasteiger partial charge in [-0.3, -0.25) is 0 Å². The molecule has 2 N–H and O–H groups in total. The molecule has 1 unspecified atom stereocenters. The Bertz CT molecular complexity index is 533. The number of likely N-dealkylation sites (tertiary alicyclic amines) is 1. The number of hydrogen-bond acceptors (Lipinski definition) is 4. The number of urea groups is 1. The lowest BCUT2D eigenvalue weighted by atomic mass is 10.2. The SMILES string of the molecule is CN(C)CC1CCCN1C(=O)Nc1cccnc1C(=O)O. The van der Waals surface area contributed by atoms with Crippen LogP contribution < -0.4 is 5.32 Å². The first kappa shape index (κ1) is 15.2. The molecule has 1 fully saturated rings. The number of carbonyl (C=O) groups excluding carboxylic acids is 1. The first-order valence-corrected chi connectivity index (χ1v) is 6.89. The summed E-state index contributed by atoms with van der Waals surface area (Å²) >= 11 is 0. The number of carbonyl (C=O) groups is 2. The monoisotopic (exact) mass is 292 g/mol. The number of carboxylic acid groups (broad SMARTS) is 1. The van der Waals surface area contributed by atoms with Crippen molar-refractivity contribution in [3.63, 3.8) is 0 Å². The van der Waals surface area contributed by atoms with Gasteiger partial charge in [0.25, 0.3) is 0 Å². The van der Waals surface area contributed by atoms with Crippen molar-refractivity contribution in [2.45, 2.75) is 18.9 Å². The number of amides is 2. The summed E-state index contributed by atoms with van der Waals surface area (Å²) in [6.45, 7) is 1.49. The molecule has 0 radical (unpaired) electrons. The van der Waals surface area contributed by atoms with Gasteiger partial charge in [0, 0.05) is 25.3 Å². The highest BCUT2D eigenvalue weighted by Crippen LogP contribution is 2.20. The molecule has 0 aliphatic carbocycles. The van der Waals surface area contributed by atoms with Crippen molar-refractivity contribution >= 4 is 17.7 Å². The second-order valence-corrected chi connectivity index (χ2v) is 5.39. The third kappa shape index (κ3) is 3.69. The van der Waals surface area contributed by atoms with Crippen LogP contribution >= 0.6 is 0 Å². The molecule has 1 aromatic rings. The van der Waals surface area contributed by atoms with E-state index in [2.05, 4.69) is 10.3 Å². The molecule has 1 aliphatic rings. The smallest absolute Gasteiger partial charge is 0.356 e. The second kappa shape index (κ2) is 6.53. The molecule has 2 heterocycles. The maximum atomic E-state index is 12.4. The molecule has 1 aliphatic heterocycles. The van der Waals surface area contributed by atoms with Crippen molar-refractivity contribution in [3.05, 3.63) is 24.0 Å². The molecule has 7 heteroatoms. The molecule has 2 rings (SSSR count). The van der Waals surface area contributed by atoms with E-state index in [-0.39, 0.29) is 23.5 Å². The summed E-state index contributed by atoms with van der Waals surface area (Å²) in [5, 5.41) is 11.7. The molecular weight excluding hydrogens is 272 g/mol. The summed E-state index contributed by atoms with van der Waals surface area (Å²) in [4.78, 5) is 31.0. The van der Waals surface area contributed by atoms with E-state index in [1.165, 1.54) is 6.20 Å². The molecule has 0 aromatic carbocycles.